The lowest BCUT2D eigenvalue weighted by molar-refractivity contribution is -0.142. The maximum Gasteiger partial charge on any atom is 0.305 e. The first-order chi connectivity index (χ1) is 24.4. The van der Waals surface area contributed by atoms with E-state index in [0.717, 1.165) is 95.6 Å². The average Bonchev–Trinajstić information content (AvgIpc) is 3.55. The molecule has 1 saturated carbocycles. The number of nitriles is 1. The molecule has 0 unspecified atom stereocenters. The van der Waals surface area contributed by atoms with E-state index in [9.17, 15) is 15.2 Å². The van der Waals surface area contributed by atoms with E-state index in [0.29, 0.717) is 48.9 Å². The van der Waals surface area contributed by atoms with Crippen molar-refractivity contribution in [1.29, 1.82) is 5.26 Å². The largest absolute Gasteiger partial charge is 0.469 e. The number of ether oxygens (including phenoxy) is 1. The second-order valence-electron chi connectivity index (χ2n) is 16.6. The quantitative estimate of drug-likeness (QED) is 0.277. The number of hydrogen-bond donors (Lipinski definition) is 1. The molecule has 1 aliphatic carbocycles. The molecule has 3 heterocycles. The van der Waals surface area contributed by atoms with Crippen LogP contribution in [0.3, 0.4) is 0 Å². The number of carbonyl (C=O) groups is 1. The number of benzene rings is 2. The number of hydrogen-bond acceptors (Lipinski definition) is 8. The number of piperidine rings is 2. The lowest BCUT2D eigenvalue weighted by atomic mass is 9.56. The molecule has 3 atom stereocenters. The molecule has 0 spiro atoms. The van der Waals surface area contributed by atoms with Gasteiger partial charge >= 0.3 is 5.97 Å². The first kappa shape index (κ1) is 37.7. The summed E-state index contributed by atoms with van der Waals surface area (Å²) in [5.74, 6) is 0.403. The Morgan fingerprint density at radius 1 is 1.06 bits per heavy atom. The molecule has 0 amide bonds. The molecule has 2 aromatic carbocycles. The number of esters is 1. The third-order valence-corrected chi connectivity index (χ3v) is 12.7. The van der Waals surface area contributed by atoms with Crippen LogP contribution >= 0.6 is 0 Å². The first-order valence-electron chi connectivity index (χ1n) is 19.0. The summed E-state index contributed by atoms with van der Waals surface area (Å²) in [7, 11) is 5.36. The van der Waals surface area contributed by atoms with Crippen LogP contribution in [0.25, 0.3) is 0 Å². The van der Waals surface area contributed by atoms with Gasteiger partial charge in [-0.2, -0.15) is 5.26 Å². The van der Waals surface area contributed by atoms with Crippen LogP contribution < -0.4 is 4.90 Å². The maximum absolute atomic E-state index is 15.2. The molecule has 10 heteroatoms. The lowest BCUT2D eigenvalue weighted by Crippen LogP contribution is -2.57. The molecule has 8 nitrogen and oxygen atoms in total. The fourth-order valence-electron chi connectivity index (χ4n) is 9.99. The van der Waals surface area contributed by atoms with E-state index in [2.05, 4.69) is 26.8 Å². The van der Waals surface area contributed by atoms with Gasteiger partial charge in [0.2, 0.25) is 0 Å². The average molecular weight is 706 g/mol. The summed E-state index contributed by atoms with van der Waals surface area (Å²) in [5, 5.41) is 20.3. The zero-order chi connectivity index (χ0) is 36.3. The molecule has 51 heavy (non-hydrogen) atoms. The molecule has 278 valence electrons. The van der Waals surface area contributed by atoms with E-state index < -0.39 is 5.60 Å². The Kier molecular flexibility index (Phi) is 11.7. The highest BCUT2D eigenvalue weighted by Crippen LogP contribution is 2.54. The molecule has 3 aliphatic heterocycles. The predicted molar refractivity (Wildman–Crippen MR) is 195 cm³/mol. The Bertz CT molecular complexity index is 1550. The second kappa shape index (κ2) is 15.9. The van der Waals surface area contributed by atoms with Crippen LogP contribution in [0.1, 0.15) is 75.0 Å². The minimum absolute atomic E-state index is 0.173. The minimum Gasteiger partial charge on any atom is -0.469 e. The molecule has 4 aliphatic rings. The van der Waals surface area contributed by atoms with Crippen molar-refractivity contribution < 1.29 is 23.4 Å². The smallest absolute Gasteiger partial charge is 0.305 e. The van der Waals surface area contributed by atoms with Crippen LogP contribution in [0, 0.1) is 46.6 Å². The van der Waals surface area contributed by atoms with E-state index in [1.54, 1.807) is 6.07 Å². The van der Waals surface area contributed by atoms with Gasteiger partial charge in [-0.15, -0.1) is 0 Å². The second-order valence-corrected chi connectivity index (χ2v) is 16.6. The van der Waals surface area contributed by atoms with E-state index in [-0.39, 0.29) is 34.9 Å². The van der Waals surface area contributed by atoms with Crippen LogP contribution in [0.15, 0.2) is 36.4 Å². The zero-order valence-corrected chi connectivity index (χ0v) is 31.1. The number of nitrogens with zero attached hydrogens (tertiary/aromatic N) is 5. The van der Waals surface area contributed by atoms with Crippen molar-refractivity contribution >= 4 is 11.7 Å². The standard InChI is InChI=1S/C41H57F2N5O3/c1-40(50)13-17-47(18-14-40)28-41(34-8-6-9-35(42)22-34,36-10-5-7-30(36)21-39(49)51-4)33-11-15-46(16-12-33)24-29-25-48(26-29)38-20-32(27-45(2)3)31(23-44)19-37(38)43/h6,8-9,19-20,22,29-30,33,36,50H,5,7,10-18,21,24-28H2,1-4H3/t30-,36+,41+/m1/s1. The summed E-state index contributed by atoms with van der Waals surface area (Å²) in [6.45, 7) is 9.31. The van der Waals surface area contributed by atoms with Crippen molar-refractivity contribution in [2.75, 3.05) is 78.5 Å². The van der Waals surface area contributed by atoms with Gasteiger partial charge in [0.1, 0.15) is 11.6 Å². The number of aliphatic hydroxyl groups is 1. The van der Waals surface area contributed by atoms with E-state index >= 15 is 8.78 Å². The Labute approximate surface area is 303 Å². The van der Waals surface area contributed by atoms with E-state index in [1.165, 1.54) is 19.2 Å². The van der Waals surface area contributed by atoms with Crippen LogP contribution in [0.2, 0.25) is 0 Å². The number of rotatable bonds is 12. The molecule has 6 rings (SSSR count). The summed E-state index contributed by atoms with van der Waals surface area (Å²) in [6.07, 6.45) is 6.80. The normalized spacial score (nSPS) is 24.6. The van der Waals surface area contributed by atoms with E-state index in [1.807, 2.05) is 38.1 Å². The van der Waals surface area contributed by atoms with Crippen LogP contribution in [0.5, 0.6) is 0 Å². The molecule has 3 saturated heterocycles. The van der Waals surface area contributed by atoms with Gasteiger partial charge < -0.3 is 29.4 Å². The third-order valence-electron chi connectivity index (χ3n) is 12.7. The molecule has 4 fully saturated rings. The third kappa shape index (κ3) is 8.43. The number of anilines is 1. The lowest BCUT2D eigenvalue weighted by Gasteiger charge is -2.54. The van der Waals surface area contributed by atoms with Gasteiger partial charge in [-0.3, -0.25) is 4.79 Å². The van der Waals surface area contributed by atoms with Gasteiger partial charge in [0.25, 0.3) is 0 Å². The van der Waals surface area contributed by atoms with Crippen molar-refractivity contribution in [1.82, 2.24) is 14.7 Å². The summed E-state index contributed by atoms with van der Waals surface area (Å²) >= 11 is 0. The van der Waals surface area contributed by atoms with Crippen LogP contribution in [-0.2, 0) is 21.5 Å². The molecular weight excluding hydrogens is 648 g/mol. The van der Waals surface area contributed by atoms with Crippen LogP contribution in [0.4, 0.5) is 14.5 Å². The van der Waals surface area contributed by atoms with Crippen molar-refractivity contribution in [3.8, 4) is 6.07 Å². The van der Waals surface area contributed by atoms with Gasteiger partial charge in [-0.1, -0.05) is 18.6 Å². The molecular formula is C41H57F2N5O3. The zero-order valence-electron chi connectivity index (χ0n) is 31.1. The van der Waals surface area contributed by atoms with Gasteiger partial charge in [0, 0.05) is 63.6 Å². The van der Waals surface area contributed by atoms with Gasteiger partial charge in [0.15, 0.2) is 0 Å². The Morgan fingerprint density at radius 3 is 2.43 bits per heavy atom. The fourth-order valence-corrected chi connectivity index (χ4v) is 9.99. The molecule has 0 radical (unpaired) electrons. The van der Waals surface area contributed by atoms with Gasteiger partial charge in [-0.25, -0.2) is 8.78 Å². The van der Waals surface area contributed by atoms with Crippen molar-refractivity contribution in [2.45, 2.75) is 75.9 Å². The topological polar surface area (TPSA) is 83.3 Å². The number of halogens is 2. The molecule has 1 N–H and O–H groups in total. The molecule has 0 aromatic heterocycles. The van der Waals surface area contributed by atoms with Crippen molar-refractivity contribution in [3.63, 3.8) is 0 Å². The minimum atomic E-state index is -0.665. The Morgan fingerprint density at radius 2 is 1.78 bits per heavy atom. The number of carbonyl (C=O) groups excluding carboxylic acids is 1. The highest BCUT2D eigenvalue weighted by atomic mass is 19.1. The molecule has 2 aromatic rings. The van der Waals surface area contributed by atoms with Crippen molar-refractivity contribution in [2.24, 2.45) is 23.7 Å². The van der Waals surface area contributed by atoms with Gasteiger partial charge in [0.05, 0.1) is 30.0 Å². The summed E-state index contributed by atoms with van der Waals surface area (Å²) in [5.41, 5.74) is 1.86. The fraction of sp³-hybridized carbons (Fsp3) is 0.659. The number of likely N-dealkylation sites (tertiary alicyclic amines) is 2. The summed E-state index contributed by atoms with van der Waals surface area (Å²) in [4.78, 5) is 21.8. The monoisotopic (exact) mass is 705 g/mol. The van der Waals surface area contributed by atoms with E-state index in [4.69, 9.17) is 4.74 Å². The Hall–Kier alpha value is -3.10. The summed E-state index contributed by atoms with van der Waals surface area (Å²) in [6, 6.07) is 12.6. The SMILES string of the molecule is COC(=O)C[C@H]1CCC[C@@H]1[C@](CN1CCC(C)(O)CC1)(c1cccc(F)c1)C1CCN(CC2CN(c3cc(CN(C)C)c(C#N)cc3F)C2)CC1. The first-order valence-corrected chi connectivity index (χ1v) is 19.0. The summed E-state index contributed by atoms with van der Waals surface area (Å²) < 4.78 is 35.4. The highest BCUT2D eigenvalue weighted by molar-refractivity contribution is 5.69. The number of methoxy groups -OCH3 is 1. The van der Waals surface area contributed by atoms with Crippen molar-refractivity contribution in [3.05, 3.63) is 64.7 Å². The highest BCUT2D eigenvalue weighted by Gasteiger charge is 2.53. The maximum atomic E-state index is 15.2. The van der Waals surface area contributed by atoms with Gasteiger partial charge in [-0.05, 0) is 126 Å². The predicted octanol–water partition coefficient (Wildman–Crippen LogP) is 5.81. The Balaban J connectivity index is 1.19. The van der Waals surface area contributed by atoms with Crippen LogP contribution in [-0.4, -0.2) is 105 Å². The molecule has 0 bridgehead atoms.